The molecule has 3 heteroatoms. The molecule has 0 fully saturated rings. The Balaban J connectivity index is 0.998. The first-order chi connectivity index (χ1) is 30.2. The van der Waals surface area contributed by atoms with E-state index in [4.69, 9.17) is 8.83 Å². The number of para-hydroxylation sites is 2. The van der Waals surface area contributed by atoms with E-state index in [1.54, 1.807) is 0 Å². The molecule has 0 saturated carbocycles. The fraction of sp³-hybridized carbons (Fsp3) is 0. The fourth-order valence-corrected chi connectivity index (χ4v) is 9.17. The van der Waals surface area contributed by atoms with Crippen molar-refractivity contribution in [2.24, 2.45) is 0 Å². The van der Waals surface area contributed by atoms with Crippen molar-refractivity contribution in [3.63, 3.8) is 0 Å². The van der Waals surface area contributed by atoms with Crippen LogP contribution in [0.3, 0.4) is 0 Å². The lowest BCUT2D eigenvalue weighted by atomic mass is 9.92. The molecule has 0 N–H and O–H groups in total. The van der Waals surface area contributed by atoms with E-state index < -0.39 is 0 Å². The Kier molecular flexibility index (Phi) is 8.17. The summed E-state index contributed by atoms with van der Waals surface area (Å²) in [5.74, 6) is 0. The number of anilines is 3. The predicted octanol–water partition coefficient (Wildman–Crippen LogP) is 16.8. The summed E-state index contributed by atoms with van der Waals surface area (Å²) in [6.45, 7) is 0. The highest BCUT2D eigenvalue weighted by molar-refractivity contribution is 6.26. The maximum absolute atomic E-state index is 7.16. The molecule has 12 rings (SSSR count). The third-order valence-electron chi connectivity index (χ3n) is 12.1. The van der Waals surface area contributed by atoms with Crippen LogP contribution in [-0.2, 0) is 0 Å². The normalized spacial score (nSPS) is 11.6. The number of hydrogen-bond donors (Lipinski definition) is 0. The van der Waals surface area contributed by atoms with Crippen LogP contribution in [0.4, 0.5) is 17.1 Å². The van der Waals surface area contributed by atoms with E-state index in [9.17, 15) is 0 Å². The molecule has 2 aromatic heterocycles. The summed E-state index contributed by atoms with van der Waals surface area (Å²) in [5.41, 5.74) is 15.7. The topological polar surface area (TPSA) is 29.5 Å². The van der Waals surface area contributed by atoms with Crippen LogP contribution in [0.25, 0.3) is 99.2 Å². The van der Waals surface area contributed by atoms with Gasteiger partial charge in [-0.1, -0.05) is 176 Å². The van der Waals surface area contributed by atoms with Gasteiger partial charge >= 0.3 is 0 Å². The molecular formula is C58H37NO2. The molecule has 0 radical (unpaired) electrons. The number of hydrogen-bond acceptors (Lipinski definition) is 3. The van der Waals surface area contributed by atoms with Crippen LogP contribution in [0.1, 0.15) is 0 Å². The third-order valence-corrected chi connectivity index (χ3v) is 12.1. The molecule has 0 aliphatic rings. The van der Waals surface area contributed by atoms with Gasteiger partial charge in [-0.2, -0.15) is 0 Å². The van der Waals surface area contributed by atoms with Gasteiger partial charge in [-0.15, -0.1) is 0 Å². The second-order valence-corrected chi connectivity index (χ2v) is 15.6. The first-order valence-electron chi connectivity index (χ1n) is 20.7. The molecule has 0 amide bonds. The van der Waals surface area contributed by atoms with Gasteiger partial charge in [0.2, 0.25) is 0 Å². The first-order valence-corrected chi connectivity index (χ1v) is 20.7. The van der Waals surface area contributed by atoms with Crippen molar-refractivity contribution >= 4 is 71.7 Å². The molecule has 0 saturated heterocycles. The van der Waals surface area contributed by atoms with Crippen molar-refractivity contribution in [2.75, 3.05) is 4.90 Å². The van der Waals surface area contributed by atoms with Crippen molar-refractivity contribution in [3.05, 3.63) is 224 Å². The van der Waals surface area contributed by atoms with Gasteiger partial charge in [-0.25, -0.2) is 0 Å². The van der Waals surface area contributed by atoms with Crippen LogP contribution in [0.15, 0.2) is 233 Å². The summed E-state index contributed by atoms with van der Waals surface area (Å²) in [6.07, 6.45) is 0. The summed E-state index contributed by atoms with van der Waals surface area (Å²) in [4.78, 5) is 2.32. The van der Waals surface area contributed by atoms with Crippen LogP contribution < -0.4 is 4.90 Å². The Labute approximate surface area is 353 Å². The van der Waals surface area contributed by atoms with Crippen molar-refractivity contribution in [2.45, 2.75) is 0 Å². The van der Waals surface area contributed by atoms with E-state index >= 15 is 0 Å². The zero-order valence-corrected chi connectivity index (χ0v) is 33.1. The van der Waals surface area contributed by atoms with Crippen molar-refractivity contribution in [1.29, 1.82) is 0 Å². The molecule has 0 unspecified atom stereocenters. The number of rotatable bonds is 7. The molecule has 12 aromatic rings. The maximum Gasteiger partial charge on any atom is 0.144 e. The number of furan rings is 2. The highest BCUT2D eigenvalue weighted by Gasteiger charge is 2.23. The lowest BCUT2D eigenvalue weighted by Crippen LogP contribution is -2.09. The van der Waals surface area contributed by atoms with E-state index in [2.05, 4.69) is 217 Å². The van der Waals surface area contributed by atoms with Gasteiger partial charge in [-0.3, -0.25) is 0 Å². The zero-order valence-electron chi connectivity index (χ0n) is 33.1. The predicted molar refractivity (Wildman–Crippen MR) is 255 cm³/mol. The molecule has 0 aliphatic carbocycles. The van der Waals surface area contributed by atoms with E-state index in [-0.39, 0.29) is 0 Å². The Hall–Kier alpha value is -8.14. The smallest absolute Gasteiger partial charge is 0.144 e. The Morgan fingerprint density at radius 1 is 0.295 bits per heavy atom. The SMILES string of the molecule is c1ccc(-c2ccc(N(c3ccc(-c4ccccc4)cc3)c3ccc(-c4cccc5c4oc4c(-c6cccc7ccccc67)c6c(cc45)oc4ccccc46)cc3)cc2)cc1. The molecule has 2 heterocycles. The van der Waals surface area contributed by atoms with Gasteiger partial charge in [0.25, 0.3) is 0 Å². The van der Waals surface area contributed by atoms with Crippen LogP contribution in [-0.4, -0.2) is 0 Å². The van der Waals surface area contributed by atoms with Gasteiger partial charge < -0.3 is 13.7 Å². The van der Waals surface area contributed by atoms with Crippen LogP contribution >= 0.6 is 0 Å². The summed E-state index contributed by atoms with van der Waals surface area (Å²) >= 11 is 0. The second kappa shape index (κ2) is 14.3. The average Bonchev–Trinajstić information content (AvgIpc) is 3.90. The Morgan fingerprint density at radius 2 is 0.787 bits per heavy atom. The third kappa shape index (κ3) is 5.90. The minimum atomic E-state index is 0.850. The molecule has 3 nitrogen and oxygen atoms in total. The average molecular weight is 780 g/mol. The number of nitrogens with zero attached hydrogens (tertiary/aromatic N) is 1. The fourth-order valence-electron chi connectivity index (χ4n) is 9.17. The molecule has 286 valence electrons. The molecular weight excluding hydrogens is 743 g/mol. The molecule has 0 bridgehead atoms. The van der Waals surface area contributed by atoms with Gasteiger partial charge in [-0.05, 0) is 92.7 Å². The number of fused-ring (bicyclic) bond motifs is 7. The van der Waals surface area contributed by atoms with Crippen molar-refractivity contribution < 1.29 is 8.83 Å². The molecule has 61 heavy (non-hydrogen) atoms. The van der Waals surface area contributed by atoms with Crippen LogP contribution in [0, 0.1) is 0 Å². The number of benzene rings is 10. The highest BCUT2D eigenvalue weighted by Crippen LogP contribution is 2.48. The van der Waals surface area contributed by atoms with Crippen LogP contribution in [0.5, 0.6) is 0 Å². The summed E-state index contributed by atoms with van der Waals surface area (Å²) in [7, 11) is 0. The Morgan fingerprint density at radius 3 is 1.44 bits per heavy atom. The van der Waals surface area contributed by atoms with Gasteiger partial charge in [0.1, 0.15) is 22.3 Å². The molecule has 0 spiro atoms. The lowest BCUT2D eigenvalue weighted by Gasteiger charge is -2.26. The van der Waals surface area contributed by atoms with Crippen LogP contribution in [0.2, 0.25) is 0 Å². The van der Waals surface area contributed by atoms with Crippen molar-refractivity contribution in [1.82, 2.24) is 0 Å². The Bertz CT molecular complexity index is 3460. The molecule has 0 aliphatic heterocycles. The van der Waals surface area contributed by atoms with Gasteiger partial charge in [0.05, 0.1) is 0 Å². The summed E-state index contributed by atoms with van der Waals surface area (Å²) in [5, 5.41) is 6.59. The maximum atomic E-state index is 7.16. The largest absolute Gasteiger partial charge is 0.456 e. The summed E-state index contributed by atoms with van der Waals surface area (Å²) in [6, 6.07) is 79.6. The van der Waals surface area contributed by atoms with E-state index in [0.29, 0.717) is 0 Å². The quantitative estimate of drug-likeness (QED) is 0.161. The van der Waals surface area contributed by atoms with Crippen molar-refractivity contribution in [3.8, 4) is 44.5 Å². The minimum absolute atomic E-state index is 0.850. The highest BCUT2D eigenvalue weighted by atomic mass is 16.3. The van der Waals surface area contributed by atoms with Gasteiger partial charge in [0, 0.05) is 49.7 Å². The second-order valence-electron chi connectivity index (χ2n) is 15.6. The summed E-state index contributed by atoms with van der Waals surface area (Å²) < 4.78 is 13.7. The monoisotopic (exact) mass is 779 g/mol. The van der Waals surface area contributed by atoms with E-state index in [1.165, 1.54) is 33.0 Å². The van der Waals surface area contributed by atoms with E-state index in [1.807, 2.05) is 12.1 Å². The van der Waals surface area contributed by atoms with Gasteiger partial charge in [0.15, 0.2) is 0 Å². The first kappa shape index (κ1) is 34.9. The standard InChI is InChI=1S/C58H37NO2/c1-3-13-38(14-4-1)40-25-31-44(32-26-40)59(45-33-27-41(28-34-45)39-15-5-2-6-16-39)46-35-29-43(30-36-46)48-21-12-23-50-52-37-54-55(51-20-9-10-24-53(51)60-54)56(58(52)61-57(48)50)49-22-11-18-42-17-7-8-19-47(42)49/h1-37H. The lowest BCUT2D eigenvalue weighted by molar-refractivity contribution is 0.665. The zero-order chi connectivity index (χ0) is 40.3. The minimum Gasteiger partial charge on any atom is -0.456 e. The molecule has 0 atom stereocenters. The van der Waals surface area contributed by atoms with E-state index in [0.717, 1.165) is 83.2 Å². The molecule has 10 aromatic carbocycles.